The number of H-pyrrole nitrogens is 2. The van der Waals surface area contributed by atoms with Gasteiger partial charge in [0.25, 0.3) is 5.56 Å². The van der Waals surface area contributed by atoms with E-state index in [9.17, 15) is 9.59 Å². The third kappa shape index (κ3) is 3.36. The van der Waals surface area contributed by atoms with Crippen LogP contribution >= 0.6 is 15.9 Å². The molecule has 2 N–H and O–H groups in total. The summed E-state index contributed by atoms with van der Waals surface area (Å²) in [6, 6.07) is 7.22. The second-order valence-corrected chi connectivity index (χ2v) is 6.42. The maximum absolute atomic E-state index is 12.6. The number of halogens is 1. The fraction of sp³-hybridized carbons (Fsp3) is 0.188. The van der Waals surface area contributed by atoms with E-state index in [1.54, 1.807) is 32.9 Å². The predicted molar refractivity (Wildman–Crippen MR) is 97.3 cm³/mol. The molecule has 3 aromatic rings. The van der Waals surface area contributed by atoms with Crippen LogP contribution in [0.2, 0.25) is 0 Å². The minimum absolute atomic E-state index is 0.117. The predicted octanol–water partition coefficient (Wildman–Crippen LogP) is 3.35. The molecular weight excluding hydrogens is 388 g/mol. The van der Waals surface area contributed by atoms with E-state index in [2.05, 4.69) is 41.2 Å². The largest absolute Gasteiger partial charge is 0.301 e. The average Bonchev–Trinajstić information content (AvgIpc) is 2.86. The number of aryl methyl sites for hydroxylation is 2. The van der Waals surface area contributed by atoms with Crippen molar-refractivity contribution in [1.29, 1.82) is 0 Å². The zero-order chi connectivity index (χ0) is 18.1. The van der Waals surface area contributed by atoms with Gasteiger partial charge in [-0.05, 0) is 45.0 Å². The molecule has 0 saturated carbocycles. The van der Waals surface area contributed by atoms with Gasteiger partial charge in [0.2, 0.25) is 5.95 Å². The summed E-state index contributed by atoms with van der Waals surface area (Å²) >= 11 is 3.34. The maximum Gasteiger partial charge on any atom is 0.301 e. The summed E-state index contributed by atoms with van der Waals surface area (Å²) in [7, 11) is 0. The summed E-state index contributed by atoms with van der Waals surface area (Å²) < 4.78 is 2.08. The minimum atomic E-state index is -0.440. The van der Waals surface area contributed by atoms with Crippen LogP contribution in [0, 0.1) is 20.8 Å². The van der Waals surface area contributed by atoms with Crippen LogP contribution in [0.5, 0.6) is 0 Å². The van der Waals surface area contributed by atoms with E-state index in [4.69, 9.17) is 0 Å². The average molecular weight is 403 g/mol. The molecule has 9 heteroatoms. The van der Waals surface area contributed by atoms with Crippen molar-refractivity contribution >= 4 is 27.3 Å². The van der Waals surface area contributed by atoms with E-state index in [1.165, 1.54) is 0 Å². The van der Waals surface area contributed by atoms with Crippen molar-refractivity contribution in [3.63, 3.8) is 0 Å². The topological polar surface area (TPSA) is 108 Å². The van der Waals surface area contributed by atoms with Crippen LogP contribution in [0.15, 0.2) is 48.6 Å². The second kappa shape index (κ2) is 6.60. The molecule has 0 aliphatic rings. The molecule has 2 heterocycles. The number of aromatic nitrogens is 4. The Morgan fingerprint density at radius 1 is 1.08 bits per heavy atom. The molecular formula is C16H15BrN6O2. The number of hydrogen-bond donors (Lipinski definition) is 2. The highest BCUT2D eigenvalue weighted by Gasteiger charge is 2.15. The summed E-state index contributed by atoms with van der Waals surface area (Å²) in [6.07, 6.45) is 0. The molecule has 0 spiro atoms. The van der Waals surface area contributed by atoms with E-state index in [-0.39, 0.29) is 17.2 Å². The number of nitrogens with zero attached hydrogens (tertiary/aromatic N) is 4. The van der Waals surface area contributed by atoms with Crippen LogP contribution in [0.1, 0.15) is 17.0 Å². The molecule has 25 heavy (non-hydrogen) atoms. The molecule has 0 aliphatic carbocycles. The first-order valence-corrected chi connectivity index (χ1v) is 8.23. The van der Waals surface area contributed by atoms with Crippen molar-refractivity contribution in [2.24, 2.45) is 10.2 Å². The van der Waals surface area contributed by atoms with Crippen LogP contribution in [0.3, 0.4) is 0 Å². The van der Waals surface area contributed by atoms with Gasteiger partial charge in [0.15, 0.2) is 5.69 Å². The van der Waals surface area contributed by atoms with E-state index >= 15 is 0 Å². The molecule has 0 unspecified atom stereocenters. The molecule has 0 bridgehead atoms. The molecule has 0 fully saturated rings. The molecule has 128 valence electrons. The molecule has 0 amide bonds. The lowest BCUT2D eigenvalue weighted by atomic mass is 10.3. The molecule has 3 rings (SSSR count). The summed E-state index contributed by atoms with van der Waals surface area (Å²) in [5, 5.41) is 11.0. The molecule has 2 aromatic heterocycles. The maximum atomic E-state index is 12.6. The Hall–Kier alpha value is -2.81. The number of azo groups is 1. The quantitative estimate of drug-likeness (QED) is 0.655. The van der Waals surface area contributed by atoms with Gasteiger partial charge in [-0.1, -0.05) is 15.9 Å². The van der Waals surface area contributed by atoms with E-state index < -0.39 is 5.56 Å². The van der Waals surface area contributed by atoms with Gasteiger partial charge in [-0.15, -0.1) is 5.11 Å². The summed E-state index contributed by atoms with van der Waals surface area (Å²) in [5.41, 5.74) is 1.62. The molecule has 0 atom stereocenters. The third-order valence-electron chi connectivity index (χ3n) is 3.73. The van der Waals surface area contributed by atoms with Gasteiger partial charge in [0, 0.05) is 15.7 Å². The van der Waals surface area contributed by atoms with Crippen LogP contribution < -0.4 is 11.1 Å². The highest BCUT2D eigenvalue weighted by molar-refractivity contribution is 9.10. The number of aromatic amines is 2. The first-order chi connectivity index (χ1) is 11.9. The van der Waals surface area contributed by atoms with Crippen molar-refractivity contribution in [2.75, 3.05) is 0 Å². The normalized spacial score (nSPS) is 11.4. The van der Waals surface area contributed by atoms with Crippen LogP contribution in [0.4, 0.5) is 11.4 Å². The van der Waals surface area contributed by atoms with E-state index in [0.717, 1.165) is 9.15 Å². The number of rotatable bonds is 3. The Kier molecular flexibility index (Phi) is 4.49. The van der Waals surface area contributed by atoms with Crippen molar-refractivity contribution in [1.82, 2.24) is 19.7 Å². The lowest BCUT2D eigenvalue weighted by Crippen LogP contribution is -2.23. The van der Waals surface area contributed by atoms with Gasteiger partial charge in [-0.25, -0.2) is 4.98 Å². The van der Waals surface area contributed by atoms with Gasteiger partial charge >= 0.3 is 5.56 Å². The highest BCUT2D eigenvalue weighted by Crippen LogP contribution is 2.20. The molecule has 0 saturated heterocycles. The minimum Gasteiger partial charge on any atom is -0.291 e. The number of nitrogens with one attached hydrogen (secondary N) is 2. The SMILES string of the molecule is Cc1nc(-n2[nH]c(C)c(N=Nc3ccc(Br)cc3)c2=O)[nH]c(=O)c1C. The Labute approximate surface area is 150 Å². The highest BCUT2D eigenvalue weighted by atomic mass is 79.9. The van der Waals surface area contributed by atoms with Gasteiger partial charge in [0.1, 0.15) is 0 Å². The van der Waals surface area contributed by atoms with Crippen LogP contribution in [-0.2, 0) is 0 Å². The third-order valence-corrected chi connectivity index (χ3v) is 4.26. The van der Waals surface area contributed by atoms with Gasteiger partial charge in [0.05, 0.1) is 11.4 Å². The molecule has 0 aliphatic heterocycles. The lowest BCUT2D eigenvalue weighted by molar-refractivity contribution is 0.759. The summed E-state index contributed by atoms with van der Waals surface area (Å²) in [5.74, 6) is 0.117. The van der Waals surface area contributed by atoms with Crippen molar-refractivity contribution in [2.45, 2.75) is 20.8 Å². The zero-order valence-corrected chi connectivity index (χ0v) is 15.4. The van der Waals surface area contributed by atoms with E-state index in [1.807, 2.05) is 12.1 Å². The lowest BCUT2D eigenvalue weighted by Gasteiger charge is -2.03. The molecule has 0 radical (unpaired) electrons. The Morgan fingerprint density at radius 3 is 2.40 bits per heavy atom. The monoisotopic (exact) mass is 402 g/mol. The smallest absolute Gasteiger partial charge is 0.291 e. The second-order valence-electron chi connectivity index (χ2n) is 5.50. The first kappa shape index (κ1) is 17.0. The molecule has 1 aromatic carbocycles. The van der Waals surface area contributed by atoms with Gasteiger partial charge in [-0.3, -0.25) is 19.7 Å². The number of benzene rings is 1. The zero-order valence-electron chi connectivity index (χ0n) is 13.8. The van der Waals surface area contributed by atoms with Crippen LogP contribution in [-0.4, -0.2) is 19.7 Å². The summed E-state index contributed by atoms with van der Waals surface area (Å²) in [4.78, 5) is 31.3. The molecule has 8 nitrogen and oxygen atoms in total. The summed E-state index contributed by atoms with van der Waals surface area (Å²) in [6.45, 7) is 5.08. The van der Waals surface area contributed by atoms with Crippen molar-refractivity contribution in [3.8, 4) is 5.95 Å². The van der Waals surface area contributed by atoms with Gasteiger partial charge in [-0.2, -0.15) is 9.80 Å². The standard InChI is InChI=1S/C16H15BrN6O2/c1-8-9(2)18-16(19-14(8)24)23-15(25)13(10(3)22-23)21-20-12-6-4-11(17)5-7-12/h4-7,22H,1-3H3,(H,18,19,24). The van der Waals surface area contributed by atoms with Crippen molar-refractivity contribution < 1.29 is 0 Å². The Morgan fingerprint density at radius 2 is 1.76 bits per heavy atom. The van der Waals surface area contributed by atoms with E-state index in [0.29, 0.717) is 22.6 Å². The number of hydrogen-bond acceptors (Lipinski definition) is 5. The first-order valence-electron chi connectivity index (χ1n) is 7.43. The fourth-order valence-electron chi connectivity index (χ4n) is 2.16. The fourth-order valence-corrected chi connectivity index (χ4v) is 2.42. The Balaban J connectivity index is 2.03. The Bertz CT molecular complexity index is 1080. The van der Waals surface area contributed by atoms with Crippen molar-refractivity contribution in [3.05, 3.63) is 66.4 Å². The van der Waals surface area contributed by atoms with Gasteiger partial charge < -0.3 is 0 Å². The van der Waals surface area contributed by atoms with Crippen LogP contribution in [0.25, 0.3) is 5.95 Å².